The van der Waals surface area contributed by atoms with Crippen LogP contribution in [0.3, 0.4) is 0 Å². The summed E-state index contributed by atoms with van der Waals surface area (Å²) in [5.41, 5.74) is 0.313. The zero-order valence-electron chi connectivity index (χ0n) is 15.8. The lowest BCUT2D eigenvalue weighted by Crippen LogP contribution is -2.53. The average molecular weight is 496 g/mol. The molecule has 9 nitrogen and oxygen atoms in total. The molecule has 0 bridgehead atoms. The number of guanidine groups is 1. The van der Waals surface area contributed by atoms with Gasteiger partial charge in [0.2, 0.25) is 0 Å². The van der Waals surface area contributed by atoms with E-state index in [1.165, 1.54) is 18.6 Å². The number of pyridine rings is 1. The molecular weight excluding hydrogens is 471 g/mol. The largest absolute Gasteiger partial charge is 0.354 e. The van der Waals surface area contributed by atoms with Crippen molar-refractivity contribution in [1.29, 1.82) is 0 Å². The van der Waals surface area contributed by atoms with Crippen molar-refractivity contribution in [2.45, 2.75) is 0 Å². The first-order chi connectivity index (χ1) is 13.3. The molecule has 0 radical (unpaired) electrons. The van der Waals surface area contributed by atoms with Gasteiger partial charge in [-0.3, -0.25) is 14.8 Å². The Hall–Kier alpha value is -2.50. The molecule has 1 aliphatic rings. The van der Waals surface area contributed by atoms with E-state index in [2.05, 4.69) is 40.4 Å². The third-order valence-corrected chi connectivity index (χ3v) is 4.25. The standard InChI is InChI=1S/C18H24N8O.HI/c1-19-18(24-9-8-23-17(27)15-14-20-6-7-21-15)26-12-10-25(11-13-26)16-4-2-3-5-22-16;/h2-7,14H,8-13H2,1H3,(H,19,24)(H,23,27);1H. The fourth-order valence-corrected chi connectivity index (χ4v) is 2.88. The van der Waals surface area contributed by atoms with Crippen LogP contribution in [0, 0.1) is 0 Å². The first-order valence-corrected chi connectivity index (χ1v) is 8.93. The number of anilines is 1. The van der Waals surface area contributed by atoms with Gasteiger partial charge in [-0.05, 0) is 12.1 Å². The molecular formula is C18H25IN8O. The third-order valence-electron chi connectivity index (χ3n) is 4.25. The van der Waals surface area contributed by atoms with Crippen LogP contribution in [-0.4, -0.2) is 78.0 Å². The summed E-state index contributed by atoms with van der Waals surface area (Å²) in [4.78, 5) is 33.0. The highest BCUT2D eigenvalue weighted by atomic mass is 127. The molecule has 150 valence electrons. The van der Waals surface area contributed by atoms with Crippen LogP contribution in [0.1, 0.15) is 10.5 Å². The van der Waals surface area contributed by atoms with Gasteiger partial charge in [0.05, 0.1) is 6.20 Å². The zero-order chi connectivity index (χ0) is 18.9. The zero-order valence-corrected chi connectivity index (χ0v) is 18.1. The second kappa shape index (κ2) is 11.4. The van der Waals surface area contributed by atoms with Crippen molar-refractivity contribution in [1.82, 2.24) is 30.5 Å². The molecule has 0 aromatic carbocycles. The van der Waals surface area contributed by atoms with E-state index >= 15 is 0 Å². The van der Waals surface area contributed by atoms with Crippen molar-refractivity contribution in [2.24, 2.45) is 4.99 Å². The Kier molecular flexibility index (Phi) is 8.85. The van der Waals surface area contributed by atoms with Crippen LogP contribution in [0.2, 0.25) is 0 Å². The smallest absolute Gasteiger partial charge is 0.271 e. The quantitative estimate of drug-likeness (QED) is 0.271. The molecule has 2 N–H and O–H groups in total. The minimum Gasteiger partial charge on any atom is -0.354 e. The third kappa shape index (κ3) is 6.01. The number of aliphatic imine (C=N–C) groups is 1. The number of carbonyl (C=O) groups is 1. The fourth-order valence-electron chi connectivity index (χ4n) is 2.88. The second-order valence-electron chi connectivity index (χ2n) is 5.98. The van der Waals surface area contributed by atoms with E-state index in [1.807, 2.05) is 24.4 Å². The number of piperazine rings is 1. The Morgan fingerprint density at radius 1 is 1.07 bits per heavy atom. The van der Waals surface area contributed by atoms with Crippen molar-refractivity contribution in [3.8, 4) is 0 Å². The van der Waals surface area contributed by atoms with Crippen LogP contribution in [0.4, 0.5) is 5.82 Å². The summed E-state index contributed by atoms with van der Waals surface area (Å²) >= 11 is 0. The summed E-state index contributed by atoms with van der Waals surface area (Å²) in [6.45, 7) is 4.56. The average Bonchev–Trinajstić information content (AvgIpc) is 2.75. The molecule has 28 heavy (non-hydrogen) atoms. The normalized spacial score (nSPS) is 14.2. The molecule has 1 amide bonds. The molecule has 3 heterocycles. The summed E-state index contributed by atoms with van der Waals surface area (Å²) in [6, 6.07) is 5.96. The van der Waals surface area contributed by atoms with Crippen molar-refractivity contribution in [2.75, 3.05) is 51.2 Å². The summed E-state index contributed by atoms with van der Waals surface area (Å²) in [7, 11) is 1.77. The van der Waals surface area contributed by atoms with Crippen LogP contribution in [0.5, 0.6) is 0 Å². The number of hydrogen-bond donors (Lipinski definition) is 2. The van der Waals surface area contributed by atoms with E-state index in [4.69, 9.17) is 0 Å². The molecule has 2 aromatic rings. The van der Waals surface area contributed by atoms with Crippen molar-refractivity contribution in [3.63, 3.8) is 0 Å². The number of nitrogens with one attached hydrogen (secondary N) is 2. The van der Waals surface area contributed by atoms with E-state index in [1.54, 1.807) is 7.05 Å². The van der Waals surface area contributed by atoms with Crippen LogP contribution in [0.15, 0.2) is 48.0 Å². The number of aromatic nitrogens is 3. The first-order valence-electron chi connectivity index (χ1n) is 8.93. The summed E-state index contributed by atoms with van der Waals surface area (Å²) in [5.74, 6) is 1.61. The lowest BCUT2D eigenvalue weighted by atomic mass is 10.3. The fraction of sp³-hybridized carbons (Fsp3) is 0.389. The Morgan fingerprint density at radius 2 is 1.86 bits per heavy atom. The van der Waals surface area contributed by atoms with Crippen LogP contribution in [0.25, 0.3) is 0 Å². The summed E-state index contributed by atoms with van der Waals surface area (Å²) in [6.07, 6.45) is 6.30. The monoisotopic (exact) mass is 496 g/mol. The lowest BCUT2D eigenvalue weighted by Gasteiger charge is -2.37. The highest BCUT2D eigenvalue weighted by Gasteiger charge is 2.20. The van der Waals surface area contributed by atoms with E-state index in [0.29, 0.717) is 18.8 Å². The maximum Gasteiger partial charge on any atom is 0.271 e. The minimum absolute atomic E-state index is 0. The van der Waals surface area contributed by atoms with Gasteiger partial charge in [0.1, 0.15) is 11.5 Å². The van der Waals surface area contributed by atoms with Gasteiger partial charge < -0.3 is 20.4 Å². The molecule has 3 rings (SSSR count). The van der Waals surface area contributed by atoms with Gasteiger partial charge in [0.25, 0.3) is 5.91 Å². The van der Waals surface area contributed by atoms with Crippen LogP contribution in [-0.2, 0) is 0 Å². The Bertz CT molecular complexity index is 751. The van der Waals surface area contributed by atoms with Crippen molar-refractivity contribution < 1.29 is 4.79 Å². The number of nitrogens with zero attached hydrogens (tertiary/aromatic N) is 6. The van der Waals surface area contributed by atoms with Crippen molar-refractivity contribution >= 4 is 41.7 Å². The maximum absolute atomic E-state index is 11.9. The number of carbonyl (C=O) groups excluding carboxylic acids is 1. The highest BCUT2D eigenvalue weighted by molar-refractivity contribution is 14.0. The van der Waals surface area contributed by atoms with E-state index in [0.717, 1.165) is 38.0 Å². The molecule has 2 aromatic heterocycles. The highest BCUT2D eigenvalue weighted by Crippen LogP contribution is 2.12. The minimum atomic E-state index is -0.233. The van der Waals surface area contributed by atoms with E-state index in [-0.39, 0.29) is 29.9 Å². The Morgan fingerprint density at radius 3 is 2.50 bits per heavy atom. The predicted molar refractivity (Wildman–Crippen MR) is 119 cm³/mol. The molecule has 0 atom stereocenters. The second-order valence-corrected chi connectivity index (χ2v) is 5.98. The molecule has 0 aliphatic carbocycles. The van der Waals surface area contributed by atoms with Gasteiger partial charge >= 0.3 is 0 Å². The molecule has 1 saturated heterocycles. The molecule has 1 fully saturated rings. The van der Waals surface area contributed by atoms with Crippen molar-refractivity contribution in [3.05, 3.63) is 48.7 Å². The lowest BCUT2D eigenvalue weighted by molar-refractivity contribution is 0.0949. The summed E-state index contributed by atoms with van der Waals surface area (Å²) in [5, 5.41) is 6.11. The number of halogens is 1. The van der Waals surface area contributed by atoms with Gasteiger partial charge in [0.15, 0.2) is 5.96 Å². The topological polar surface area (TPSA) is 98.6 Å². The molecule has 0 unspecified atom stereocenters. The van der Waals surface area contributed by atoms with Gasteiger partial charge in [0, 0.05) is 64.9 Å². The predicted octanol–water partition coefficient (Wildman–Crippen LogP) is 0.617. The number of hydrogen-bond acceptors (Lipinski definition) is 6. The first kappa shape index (κ1) is 21.8. The van der Waals surface area contributed by atoms with Gasteiger partial charge in [-0.2, -0.15) is 0 Å². The summed E-state index contributed by atoms with van der Waals surface area (Å²) < 4.78 is 0. The Labute approximate surface area is 181 Å². The van der Waals surface area contributed by atoms with Gasteiger partial charge in [-0.15, -0.1) is 24.0 Å². The molecule has 0 saturated carbocycles. The molecule has 0 spiro atoms. The number of rotatable bonds is 5. The SMILES string of the molecule is CN=C(NCCNC(=O)c1cnccn1)N1CCN(c2ccccn2)CC1.I. The number of amides is 1. The van der Waals surface area contributed by atoms with Crippen LogP contribution >= 0.6 is 24.0 Å². The maximum atomic E-state index is 11.9. The molecule has 1 aliphatic heterocycles. The molecule has 10 heteroatoms. The van der Waals surface area contributed by atoms with E-state index < -0.39 is 0 Å². The van der Waals surface area contributed by atoms with E-state index in [9.17, 15) is 4.79 Å². The Balaban J connectivity index is 0.00000280. The van der Waals surface area contributed by atoms with Gasteiger partial charge in [-0.1, -0.05) is 6.07 Å². The van der Waals surface area contributed by atoms with Gasteiger partial charge in [-0.25, -0.2) is 9.97 Å². The van der Waals surface area contributed by atoms with Crippen LogP contribution < -0.4 is 15.5 Å².